The molecule has 0 aliphatic carbocycles. The maximum atomic E-state index is 6.02. The molecule has 0 radical (unpaired) electrons. The van der Waals surface area contributed by atoms with Crippen LogP contribution in [0.1, 0.15) is 5.69 Å². The standard InChI is InChI=1S/C10H14ClN3O2/c1-7-8(15-2)9(11)13-10(12-7)14-3-5-16-6-4-14/h3-6H2,1-2H3. The van der Waals surface area contributed by atoms with Crippen molar-refractivity contribution < 1.29 is 9.47 Å². The van der Waals surface area contributed by atoms with Gasteiger partial charge < -0.3 is 14.4 Å². The highest BCUT2D eigenvalue weighted by Crippen LogP contribution is 2.27. The van der Waals surface area contributed by atoms with Gasteiger partial charge in [0.15, 0.2) is 10.9 Å². The summed E-state index contributed by atoms with van der Waals surface area (Å²) in [7, 11) is 1.56. The zero-order chi connectivity index (χ0) is 11.5. The highest BCUT2D eigenvalue weighted by molar-refractivity contribution is 6.31. The molecule has 2 rings (SSSR count). The van der Waals surface area contributed by atoms with Gasteiger partial charge in [-0.1, -0.05) is 11.6 Å². The number of hydrogen-bond donors (Lipinski definition) is 0. The summed E-state index contributed by atoms with van der Waals surface area (Å²) in [6.07, 6.45) is 0. The van der Waals surface area contributed by atoms with E-state index in [4.69, 9.17) is 21.1 Å². The van der Waals surface area contributed by atoms with Crippen molar-refractivity contribution in [3.63, 3.8) is 0 Å². The summed E-state index contributed by atoms with van der Waals surface area (Å²) >= 11 is 6.02. The molecule has 0 amide bonds. The maximum absolute atomic E-state index is 6.02. The van der Waals surface area contributed by atoms with Crippen LogP contribution >= 0.6 is 11.6 Å². The molecule has 1 aliphatic heterocycles. The third-order valence-corrected chi connectivity index (χ3v) is 2.74. The summed E-state index contributed by atoms with van der Waals surface area (Å²) < 4.78 is 10.4. The van der Waals surface area contributed by atoms with E-state index in [1.54, 1.807) is 7.11 Å². The molecule has 1 fully saturated rings. The van der Waals surface area contributed by atoms with E-state index in [0.29, 0.717) is 30.1 Å². The lowest BCUT2D eigenvalue weighted by molar-refractivity contribution is 0.122. The molecule has 88 valence electrons. The van der Waals surface area contributed by atoms with Crippen molar-refractivity contribution in [3.8, 4) is 5.75 Å². The predicted molar refractivity (Wildman–Crippen MR) is 61.4 cm³/mol. The quantitative estimate of drug-likeness (QED) is 0.733. The van der Waals surface area contributed by atoms with Crippen LogP contribution in [0.2, 0.25) is 5.15 Å². The zero-order valence-corrected chi connectivity index (χ0v) is 10.1. The molecule has 0 aromatic carbocycles. The summed E-state index contributed by atoms with van der Waals surface area (Å²) in [5, 5.41) is 0.358. The van der Waals surface area contributed by atoms with Crippen LogP contribution in [-0.2, 0) is 4.74 Å². The van der Waals surface area contributed by atoms with Gasteiger partial charge in [-0.15, -0.1) is 0 Å². The molecular weight excluding hydrogens is 230 g/mol. The van der Waals surface area contributed by atoms with Crippen LogP contribution in [0.25, 0.3) is 0 Å². The number of hydrogen-bond acceptors (Lipinski definition) is 5. The number of anilines is 1. The molecule has 2 heterocycles. The van der Waals surface area contributed by atoms with Crippen molar-refractivity contribution in [2.24, 2.45) is 0 Å². The summed E-state index contributed by atoms with van der Waals surface area (Å²) in [6, 6.07) is 0. The van der Waals surface area contributed by atoms with Gasteiger partial charge in [-0.25, -0.2) is 4.98 Å². The molecule has 1 aromatic rings. The summed E-state index contributed by atoms with van der Waals surface area (Å²) in [6.45, 7) is 4.85. The van der Waals surface area contributed by atoms with Crippen molar-refractivity contribution in [2.75, 3.05) is 38.3 Å². The van der Waals surface area contributed by atoms with Crippen molar-refractivity contribution in [2.45, 2.75) is 6.92 Å². The largest absolute Gasteiger partial charge is 0.492 e. The van der Waals surface area contributed by atoms with E-state index in [9.17, 15) is 0 Å². The molecule has 6 heteroatoms. The predicted octanol–water partition coefficient (Wildman–Crippen LogP) is 1.28. The number of halogens is 1. The number of methoxy groups -OCH3 is 1. The van der Waals surface area contributed by atoms with Crippen LogP contribution in [0, 0.1) is 6.92 Å². The van der Waals surface area contributed by atoms with Crippen LogP contribution in [0.5, 0.6) is 5.75 Å². The van der Waals surface area contributed by atoms with E-state index in [1.807, 2.05) is 6.92 Å². The molecule has 0 bridgehead atoms. The van der Waals surface area contributed by atoms with E-state index in [-0.39, 0.29) is 0 Å². The smallest absolute Gasteiger partial charge is 0.227 e. The van der Waals surface area contributed by atoms with Gasteiger partial charge in [0.25, 0.3) is 0 Å². The summed E-state index contributed by atoms with van der Waals surface area (Å²) in [5.74, 6) is 1.19. The summed E-state index contributed by atoms with van der Waals surface area (Å²) in [4.78, 5) is 10.7. The number of ether oxygens (including phenoxy) is 2. The Kier molecular flexibility index (Phi) is 3.46. The Balaban J connectivity index is 2.28. The normalized spacial score (nSPS) is 16.3. The van der Waals surface area contributed by atoms with Gasteiger partial charge in [0.2, 0.25) is 5.95 Å². The van der Waals surface area contributed by atoms with E-state index >= 15 is 0 Å². The summed E-state index contributed by atoms with van der Waals surface area (Å²) in [5.41, 5.74) is 0.754. The Morgan fingerprint density at radius 3 is 2.56 bits per heavy atom. The fraction of sp³-hybridized carbons (Fsp3) is 0.600. The molecule has 1 aromatic heterocycles. The second-order valence-electron chi connectivity index (χ2n) is 3.53. The first-order valence-electron chi connectivity index (χ1n) is 5.13. The van der Waals surface area contributed by atoms with Crippen molar-refractivity contribution >= 4 is 17.5 Å². The molecule has 0 spiro atoms. The molecule has 0 atom stereocenters. The third kappa shape index (κ3) is 2.20. The average molecular weight is 244 g/mol. The average Bonchev–Trinajstić information content (AvgIpc) is 2.30. The SMILES string of the molecule is COc1c(C)nc(N2CCOCC2)nc1Cl. The number of nitrogens with zero attached hydrogens (tertiary/aromatic N) is 3. The van der Waals surface area contributed by atoms with Crippen molar-refractivity contribution in [1.29, 1.82) is 0 Å². The molecule has 0 N–H and O–H groups in total. The van der Waals surface area contributed by atoms with Gasteiger partial charge in [-0.3, -0.25) is 0 Å². The Hall–Kier alpha value is -1.07. The van der Waals surface area contributed by atoms with Crippen LogP contribution in [0.15, 0.2) is 0 Å². The highest BCUT2D eigenvalue weighted by Gasteiger charge is 2.17. The minimum absolute atomic E-state index is 0.358. The molecule has 16 heavy (non-hydrogen) atoms. The lowest BCUT2D eigenvalue weighted by Gasteiger charge is -2.27. The maximum Gasteiger partial charge on any atom is 0.227 e. The number of aryl methyl sites for hydroxylation is 1. The van der Waals surface area contributed by atoms with Gasteiger partial charge in [0, 0.05) is 13.1 Å². The Morgan fingerprint density at radius 2 is 2.00 bits per heavy atom. The van der Waals surface area contributed by atoms with Gasteiger partial charge in [0.05, 0.1) is 26.0 Å². The number of aromatic nitrogens is 2. The first-order valence-corrected chi connectivity index (χ1v) is 5.51. The fourth-order valence-electron chi connectivity index (χ4n) is 1.65. The van der Waals surface area contributed by atoms with Gasteiger partial charge in [-0.05, 0) is 6.92 Å². The molecule has 1 aliphatic rings. The first-order chi connectivity index (χ1) is 7.72. The zero-order valence-electron chi connectivity index (χ0n) is 9.36. The fourth-order valence-corrected chi connectivity index (χ4v) is 1.94. The highest BCUT2D eigenvalue weighted by atomic mass is 35.5. The van der Waals surface area contributed by atoms with Crippen LogP contribution < -0.4 is 9.64 Å². The third-order valence-electron chi connectivity index (χ3n) is 2.48. The van der Waals surface area contributed by atoms with E-state index in [1.165, 1.54) is 0 Å². The lowest BCUT2D eigenvalue weighted by atomic mass is 10.4. The molecule has 1 saturated heterocycles. The van der Waals surface area contributed by atoms with E-state index in [0.717, 1.165) is 18.8 Å². The van der Waals surface area contributed by atoms with Gasteiger partial charge in [-0.2, -0.15) is 4.98 Å². The minimum atomic E-state index is 0.358. The Labute approximate surface area is 99.3 Å². The molecule has 5 nitrogen and oxygen atoms in total. The Bertz CT molecular complexity index is 357. The minimum Gasteiger partial charge on any atom is -0.492 e. The first kappa shape index (κ1) is 11.4. The van der Waals surface area contributed by atoms with Crippen molar-refractivity contribution in [1.82, 2.24) is 9.97 Å². The monoisotopic (exact) mass is 243 g/mol. The van der Waals surface area contributed by atoms with Gasteiger partial charge in [0.1, 0.15) is 0 Å². The topological polar surface area (TPSA) is 47.5 Å². The number of morpholine rings is 1. The van der Waals surface area contributed by atoms with Gasteiger partial charge >= 0.3 is 0 Å². The molecular formula is C10H14ClN3O2. The molecule has 0 saturated carbocycles. The second kappa shape index (κ2) is 4.84. The Morgan fingerprint density at radius 1 is 1.31 bits per heavy atom. The van der Waals surface area contributed by atoms with Crippen LogP contribution in [-0.4, -0.2) is 43.4 Å². The van der Waals surface area contributed by atoms with Crippen LogP contribution in [0.3, 0.4) is 0 Å². The van der Waals surface area contributed by atoms with Crippen molar-refractivity contribution in [3.05, 3.63) is 10.8 Å². The van der Waals surface area contributed by atoms with Crippen LogP contribution in [0.4, 0.5) is 5.95 Å². The molecule has 0 unspecified atom stereocenters. The van der Waals surface area contributed by atoms with E-state index in [2.05, 4.69) is 14.9 Å². The van der Waals surface area contributed by atoms with E-state index < -0.39 is 0 Å². The lowest BCUT2D eigenvalue weighted by Crippen LogP contribution is -2.37. The number of rotatable bonds is 2. The second-order valence-corrected chi connectivity index (χ2v) is 3.89.